The van der Waals surface area contributed by atoms with Crippen molar-refractivity contribution in [1.29, 1.82) is 0 Å². The van der Waals surface area contributed by atoms with E-state index in [1.54, 1.807) is 11.3 Å². The van der Waals surface area contributed by atoms with Gasteiger partial charge in [-0.15, -0.1) is 35.3 Å². The van der Waals surface area contributed by atoms with Crippen LogP contribution in [0.25, 0.3) is 0 Å². The van der Waals surface area contributed by atoms with Crippen LogP contribution in [0.4, 0.5) is 0 Å². The van der Waals surface area contributed by atoms with E-state index in [0.717, 1.165) is 42.7 Å². The predicted molar refractivity (Wildman–Crippen MR) is 135 cm³/mol. The minimum absolute atomic E-state index is 0. The Balaban J connectivity index is 0.00000300. The number of nitrogens with zero attached hydrogens (tertiary/aromatic N) is 3. The third-order valence-electron chi connectivity index (χ3n) is 5.36. The first-order valence-electron chi connectivity index (χ1n) is 10.3. The van der Waals surface area contributed by atoms with Crippen LogP contribution < -0.4 is 10.6 Å². The highest BCUT2D eigenvalue weighted by Gasteiger charge is 2.19. The van der Waals surface area contributed by atoms with Crippen LogP contribution in [0.15, 0.2) is 34.6 Å². The first kappa shape index (κ1) is 24.1. The number of halogens is 1. The molecule has 160 valence electrons. The lowest BCUT2D eigenvalue weighted by molar-refractivity contribution is 0.178. The van der Waals surface area contributed by atoms with Gasteiger partial charge in [-0.25, -0.2) is 4.98 Å². The summed E-state index contributed by atoms with van der Waals surface area (Å²) in [5.74, 6) is 1.61. The molecule has 1 fully saturated rings. The Bertz CT molecular complexity index is 751. The summed E-state index contributed by atoms with van der Waals surface area (Å²) in [6.07, 6.45) is 3.42. The van der Waals surface area contributed by atoms with E-state index < -0.39 is 0 Å². The third-order valence-corrected chi connectivity index (χ3v) is 6.18. The molecule has 5 nitrogen and oxygen atoms in total. The molecule has 3 rings (SSSR count). The van der Waals surface area contributed by atoms with Crippen molar-refractivity contribution in [2.24, 2.45) is 10.9 Å². The molecular formula is C22H34IN5S. The summed E-state index contributed by atoms with van der Waals surface area (Å²) >= 11 is 1.71. The van der Waals surface area contributed by atoms with Crippen molar-refractivity contribution in [3.63, 3.8) is 0 Å². The van der Waals surface area contributed by atoms with Crippen LogP contribution in [0.2, 0.25) is 0 Å². The second-order valence-corrected chi connectivity index (χ2v) is 8.76. The zero-order valence-corrected chi connectivity index (χ0v) is 20.9. The van der Waals surface area contributed by atoms with Gasteiger partial charge in [-0.1, -0.05) is 29.8 Å². The lowest BCUT2D eigenvalue weighted by Crippen LogP contribution is -2.43. The molecule has 0 atom stereocenters. The molecule has 0 spiro atoms. The van der Waals surface area contributed by atoms with E-state index >= 15 is 0 Å². The third kappa shape index (κ3) is 8.22. The molecule has 2 aromatic rings. The normalized spacial score (nSPS) is 15.8. The molecule has 1 aliphatic heterocycles. The minimum atomic E-state index is 0. The molecule has 29 heavy (non-hydrogen) atoms. The molecule has 7 heteroatoms. The fourth-order valence-corrected chi connectivity index (χ4v) is 4.24. The molecule has 0 saturated carbocycles. The number of hydrogen-bond donors (Lipinski definition) is 2. The van der Waals surface area contributed by atoms with Gasteiger partial charge >= 0.3 is 0 Å². The first-order chi connectivity index (χ1) is 13.6. The van der Waals surface area contributed by atoms with Gasteiger partial charge in [0.2, 0.25) is 0 Å². The standard InChI is InChI=1S/C22H33N5S.HI/c1-17-4-6-20(7-5-17)15-27-12-9-19(10-13-27)14-25-22(23-3)24-11-8-21-16-28-18(2)26-21;/h4-7,16,19H,8-15H2,1-3H3,(H2,23,24,25);1H. The van der Waals surface area contributed by atoms with Gasteiger partial charge in [-0.3, -0.25) is 9.89 Å². The monoisotopic (exact) mass is 527 g/mol. The summed E-state index contributed by atoms with van der Waals surface area (Å²) < 4.78 is 0. The number of nitrogens with one attached hydrogen (secondary N) is 2. The van der Waals surface area contributed by atoms with Crippen molar-refractivity contribution in [2.75, 3.05) is 33.2 Å². The quantitative estimate of drug-likeness (QED) is 0.325. The number of guanidine groups is 1. The Morgan fingerprint density at radius 1 is 1.17 bits per heavy atom. The van der Waals surface area contributed by atoms with Crippen molar-refractivity contribution in [1.82, 2.24) is 20.5 Å². The number of thiazole rings is 1. The van der Waals surface area contributed by atoms with Crippen molar-refractivity contribution in [3.8, 4) is 0 Å². The van der Waals surface area contributed by atoms with Crippen molar-refractivity contribution < 1.29 is 0 Å². The van der Waals surface area contributed by atoms with E-state index in [0.29, 0.717) is 5.92 Å². The molecule has 0 radical (unpaired) electrons. The topological polar surface area (TPSA) is 52.6 Å². The molecule has 0 unspecified atom stereocenters. The average Bonchev–Trinajstić information content (AvgIpc) is 3.12. The number of piperidine rings is 1. The minimum Gasteiger partial charge on any atom is -0.356 e. The van der Waals surface area contributed by atoms with Crippen molar-refractivity contribution in [3.05, 3.63) is 51.5 Å². The van der Waals surface area contributed by atoms with Gasteiger partial charge in [0.05, 0.1) is 10.7 Å². The van der Waals surface area contributed by atoms with E-state index in [9.17, 15) is 0 Å². The van der Waals surface area contributed by atoms with Gasteiger partial charge in [0.15, 0.2) is 5.96 Å². The van der Waals surface area contributed by atoms with Gasteiger partial charge in [0, 0.05) is 38.5 Å². The summed E-state index contributed by atoms with van der Waals surface area (Å²) in [6, 6.07) is 8.93. The van der Waals surface area contributed by atoms with E-state index in [1.807, 2.05) is 14.0 Å². The molecule has 1 aromatic heterocycles. The first-order valence-corrected chi connectivity index (χ1v) is 11.1. The molecular weight excluding hydrogens is 493 g/mol. The Labute approximate surface area is 196 Å². The van der Waals surface area contributed by atoms with Gasteiger partial charge in [0.25, 0.3) is 0 Å². The largest absolute Gasteiger partial charge is 0.356 e. The number of aryl methyl sites for hydroxylation is 2. The smallest absolute Gasteiger partial charge is 0.190 e. The Morgan fingerprint density at radius 2 is 1.90 bits per heavy atom. The van der Waals surface area contributed by atoms with Gasteiger partial charge in [0.1, 0.15) is 0 Å². The van der Waals surface area contributed by atoms with Crippen LogP contribution in [0.3, 0.4) is 0 Å². The summed E-state index contributed by atoms with van der Waals surface area (Å²) in [7, 11) is 1.84. The van der Waals surface area contributed by atoms with Crippen LogP contribution in [0.5, 0.6) is 0 Å². The second kappa shape index (κ2) is 12.5. The van der Waals surface area contributed by atoms with E-state index in [2.05, 4.69) is 62.1 Å². The molecule has 1 aromatic carbocycles. The molecule has 2 heterocycles. The van der Waals surface area contributed by atoms with E-state index in [-0.39, 0.29) is 24.0 Å². The van der Waals surface area contributed by atoms with Crippen LogP contribution in [-0.2, 0) is 13.0 Å². The summed E-state index contributed by atoms with van der Waals surface area (Å²) in [5.41, 5.74) is 3.91. The highest BCUT2D eigenvalue weighted by Crippen LogP contribution is 2.18. The molecule has 1 aliphatic rings. The highest BCUT2D eigenvalue weighted by atomic mass is 127. The molecule has 0 amide bonds. The zero-order valence-electron chi connectivity index (χ0n) is 17.8. The highest BCUT2D eigenvalue weighted by molar-refractivity contribution is 14.0. The number of likely N-dealkylation sites (tertiary alicyclic amines) is 1. The molecule has 1 saturated heterocycles. The summed E-state index contributed by atoms with van der Waals surface area (Å²) in [5, 5.41) is 10.2. The van der Waals surface area contributed by atoms with Crippen LogP contribution >= 0.6 is 35.3 Å². The Kier molecular flexibility index (Phi) is 10.4. The van der Waals surface area contributed by atoms with Crippen LogP contribution in [-0.4, -0.2) is 49.1 Å². The number of benzene rings is 1. The molecule has 0 aliphatic carbocycles. The Hall–Kier alpha value is -1.19. The molecule has 2 N–H and O–H groups in total. The molecule has 0 bridgehead atoms. The lowest BCUT2D eigenvalue weighted by atomic mass is 9.96. The average molecular weight is 528 g/mol. The van der Waals surface area contributed by atoms with Gasteiger partial charge in [-0.05, 0) is 51.3 Å². The van der Waals surface area contributed by atoms with E-state index in [1.165, 1.54) is 37.1 Å². The maximum Gasteiger partial charge on any atom is 0.190 e. The zero-order chi connectivity index (χ0) is 19.8. The van der Waals surface area contributed by atoms with E-state index in [4.69, 9.17) is 0 Å². The Morgan fingerprint density at radius 3 is 2.52 bits per heavy atom. The van der Waals surface area contributed by atoms with Gasteiger partial charge < -0.3 is 10.6 Å². The summed E-state index contributed by atoms with van der Waals surface area (Å²) in [4.78, 5) is 11.4. The van der Waals surface area contributed by atoms with Crippen LogP contribution in [0, 0.1) is 19.8 Å². The number of aliphatic imine (C=N–C) groups is 1. The number of rotatable bonds is 7. The summed E-state index contributed by atoms with van der Waals surface area (Å²) in [6.45, 7) is 9.47. The second-order valence-electron chi connectivity index (χ2n) is 7.69. The van der Waals surface area contributed by atoms with Crippen LogP contribution in [0.1, 0.15) is 34.7 Å². The fraction of sp³-hybridized carbons (Fsp3) is 0.545. The predicted octanol–water partition coefficient (Wildman–Crippen LogP) is 4.00. The van der Waals surface area contributed by atoms with Gasteiger partial charge in [-0.2, -0.15) is 0 Å². The van der Waals surface area contributed by atoms with Crippen molar-refractivity contribution >= 4 is 41.3 Å². The maximum absolute atomic E-state index is 4.51. The van der Waals surface area contributed by atoms with Crippen molar-refractivity contribution in [2.45, 2.75) is 39.7 Å². The fourth-order valence-electron chi connectivity index (χ4n) is 3.59. The maximum atomic E-state index is 4.51. The SMILES string of the molecule is CN=C(NCCc1csc(C)n1)NCC1CCN(Cc2ccc(C)cc2)CC1.I. The lowest BCUT2D eigenvalue weighted by Gasteiger charge is -2.32. The number of aromatic nitrogens is 1. The number of hydrogen-bond acceptors (Lipinski definition) is 4.